The molecule has 2 rings (SSSR count). The van der Waals surface area contributed by atoms with E-state index in [1.54, 1.807) is 0 Å². The fraction of sp³-hybridized carbons (Fsp3) is 0.650. The second kappa shape index (κ2) is 7.45. The minimum absolute atomic E-state index is 0.184. The van der Waals surface area contributed by atoms with Crippen LogP contribution < -0.4 is 5.32 Å². The third-order valence-electron chi connectivity index (χ3n) is 4.89. The maximum Gasteiger partial charge on any atom is 0.410 e. The number of amides is 1. The van der Waals surface area contributed by atoms with Crippen LogP contribution in [0.5, 0.6) is 0 Å². The fourth-order valence-electron chi connectivity index (χ4n) is 3.18. The highest BCUT2D eigenvalue weighted by Crippen LogP contribution is 2.26. The lowest BCUT2D eigenvalue weighted by molar-refractivity contribution is 0.0179. The number of ether oxygens (including phenoxy) is 1. The first kappa shape index (κ1) is 18.6. The summed E-state index contributed by atoms with van der Waals surface area (Å²) >= 11 is 0. The molecule has 1 fully saturated rings. The van der Waals surface area contributed by atoms with Gasteiger partial charge in [0.2, 0.25) is 0 Å². The highest BCUT2D eigenvalue weighted by molar-refractivity contribution is 5.68. The van der Waals surface area contributed by atoms with Crippen molar-refractivity contribution in [1.82, 2.24) is 4.90 Å². The minimum atomic E-state index is -0.425. The molecule has 1 atom stereocenters. The normalized spacial score (nSPS) is 17.5. The third-order valence-corrected chi connectivity index (χ3v) is 4.89. The van der Waals surface area contributed by atoms with Gasteiger partial charge in [-0.15, -0.1) is 0 Å². The van der Waals surface area contributed by atoms with Crippen molar-refractivity contribution in [2.75, 3.05) is 18.4 Å². The number of likely N-dealkylation sites (tertiary alicyclic amines) is 1. The van der Waals surface area contributed by atoms with Crippen LogP contribution in [0.25, 0.3) is 0 Å². The van der Waals surface area contributed by atoms with E-state index in [0.29, 0.717) is 12.0 Å². The van der Waals surface area contributed by atoms with Gasteiger partial charge in [-0.05, 0) is 77.5 Å². The van der Waals surface area contributed by atoms with Crippen molar-refractivity contribution < 1.29 is 9.53 Å². The van der Waals surface area contributed by atoms with Crippen LogP contribution in [-0.4, -0.2) is 35.7 Å². The quantitative estimate of drug-likeness (QED) is 0.868. The zero-order valence-corrected chi connectivity index (χ0v) is 16.0. The van der Waals surface area contributed by atoms with Crippen molar-refractivity contribution in [3.63, 3.8) is 0 Å². The lowest BCUT2D eigenvalue weighted by Crippen LogP contribution is -2.44. The van der Waals surface area contributed by atoms with E-state index in [4.69, 9.17) is 4.74 Å². The molecule has 4 nitrogen and oxygen atoms in total. The van der Waals surface area contributed by atoms with Gasteiger partial charge >= 0.3 is 6.09 Å². The predicted octanol–water partition coefficient (Wildman–Crippen LogP) is 4.75. The van der Waals surface area contributed by atoms with Gasteiger partial charge in [0.15, 0.2) is 0 Å². The van der Waals surface area contributed by atoms with Gasteiger partial charge in [-0.2, -0.15) is 0 Å². The first-order chi connectivity index (χ1) is 11.2. The minimum Gasteiger partial charge on any atom is -0.444 e. The zero-order valence-electron chi connectivity index (χ0n) is 16.0. The highest BCUT2D eigenvalue weighted by Gasteiger charge is 2.29. The Balaban J connectivity index is 1.87. The molecule has 0 saturated carbocycles. The molecular formula is C20H32N2O2. The molecule has 0 radical (unpaired) electrons. The monoisotopic (exact) mass is 332 g/mol. The van der Waals surface area contributed by atoms with Crippen molar-refractivity contribution in [3.05, 3.63) is 29.3 Å². The molecule has 0 aliphatic carbocycles. The lowest BCUT2D eigenvalue weighted by atomic mass is 9.90. The summed E-state index contributed by atoms with van der Waals surface area (Å²) in [7, 11) is 0. The van der Waals surface area contributed by atoms with Crippen molar-refractivity contribution >= 4 is 11.8 Å². The Hall–Kier alpha value is -1.71. The number of rotatable bonds is 3. The van der Waals surface area contributed by atoms with E-state index >= 15 is 0 Å². The Labute approximate surface area is 146 Å². The number of nitrogens with one attached hydrogen (secondary N) is 1. The number of hydrogen-bond donors (Lipinski definition) is 1. The van der Waals surface area contributed by atoms with Gasteiger partial charge in [-0.3, -0.25) is 0 Å². The van der Waals surface area contributed by atoms with E-state index in [2.05, 4.69) is 44.3 Å². The fourth-order valence-corrected chi connectivity index (χ4v) is 3.18. The van der Waals surface area contributed by atoms with Crippen molar-refractivity contribution in [2.24, 2.45) is 5.92 Å². The number of anilines is 1. The molecule has 1 unspecified atom stereocenters. The third kappa shape index (κ3) is 4.89. The largest absolute Gasteiger partial charge is 0.444 e. The molecule has 1 aliphatic heterocycles. The predicted molar refractivity (Wildman–Crippen MR) is 99.5 cm³/mol. The van der Waals surface area contributed by atoms with Crippen molar-refractivity contribution in [3.8, 4) is 0 Å². The molecule has 1 aromatic carbocycles. The summed E-state index contributed by atoms with van der Waals surface area (Å²) in [5.74, 6) is 0.573. The number of piperidine rings is 1. The molecule has 1 aliphatic rings. The molecule has 1 aromatic rings. The van der Waals surface area contributed by atoms with Crippen molar-refractivity contribution in [1.29, 1.82) is 0 Å². The van der Waals surface area contributed by atoms with Gasteiger partial charge < -0.3 is 15.0 Å². The number of benzene rings is 1. The zero-order chi connectivity index (χ0) is 17.9. The highest BCUT2D eigenvalue weighted by atomic mass is 16.6. The van der Waals surface area contributed by atoms with Crippen LogP contribution in [0.2, 0.25) is 0 Å². The Bertz CT molecular complexity index is 569. The first-order valence-electron chi connectivity index (χ1n) is 8.98. The van der Waals surface area contributed by atoms with Gasteiger partial charge in [-0.1, -0.05) is 12.1 Å². The first-order valence-corrected chi connectivity index (χ1v) is 8.98. The van der Waals surface area contributed by atoms with E-state index in [1.165, 1.54) is 16.8 Å². The van der Waals surface area contributed by atoms with Gasteiger partial charge in [0.25, 0.3) is 0 Å². The molecular weight excluding hydrogens is 300 g/mol. The van der Waals surface area contributed by atoms with E-state index < -0.39 is 5.60 Å². The number of carbonyl (C=O) groups is 1. The Morgan fingerprint density at radius 3 is 2.46 bits per heavy atom. The van der Waals surface area contributed by atoms with Crippen LogP contribution in [0.15, 0.2) is 18.2 Å². The number of hydrogen-bond acceptors (Lipinski definition) is 3. The molecule has 24 heavy (non-hydrogen) atoms. The summed E-state index contributed by atoms with van der Waals surface area (Å²) in [6, 6.07) is 6.79. The summed E-state index contributed by atoms with van der Waals surface area (Å²) in [5.41, 5.74) is 3.42. The van der Waals surface area contributed by atoms with Crippen LogP contribution in [0, 0.1) is 19.8 Å². The van der Waals surface area contributed by atoms with Crippen LogP contribution in [0.3, 0.4) is 0 Å². The molecule has 1 saturated heterocycles. The average Bonchev–Trinajstić information content (AvgIpc) is 2.50. The maximum absolute atomic E-state index is 12.2. The van der Waals surface area contributed by atoms with E-state index in [0.717, 1.165) is 25.9 Å². The number of nitrogens with zero attached hydrogens (tertiary/aromatic N) is 1. The summed E-state index contributed by atoms with van der Waals surface area (Å²) in [5, 5.41) is 3.67. The second-order valence-corrected chi connectivity index (χ2v) is 7.99. The molecule has 1 amide bonds. The Kier molecular flexibility index (Phi) is 5.79. The summed E-state index contributed by atoms with van der Waals surface area (Å²) < 4.78 is 5.47. The van der Waals surface area contributed by atoms with Crippen LogP contribution >= 0.6 is 0 Å². The van der Waals surface area contributed by atoms with Gasteiger partial charge in [-0.25, -0.2) is 4.79 Å². The summed E-state index contributed by atoms with van der Waals surface area (Å²) in [6.45, 7) is 13.8. The number of carbonyl (C=O) groups excluding carboxylic acids is 1. The van der Waals surface area contributed by atoms with E-state index in [-0.39, 0.29) is 6.09 Å². The topological polar surface area (TPSA) is 41.6 Å². The standard InChI is InChI=1S/C20H32N2O2/c1-14-8-7-9-18(15(14)2)21-16(3)17-10-12-22(13-11-17)19(23)24-20(4,5)6/h7-9,16-17,21H,10-13H2,1-6H3. The van der Waals surface area contributed by atoms with Gasteiger partial charge in [0.05, 0.1) is 0 Å². The molecule has 1 N–H and O–H groups in total. The average molecular weight is 332 g/mol. The van der Waals surface area contributed by atoms with Gasteiger partial charge in [0, 0.05) is 24.8 Å². The van der Waals surface area contributed by atoms with Gasteiger partial charge in [0.1, 0.15) is 5.60 Å². The molecule has 0 aromatic heterocycles. The molecule has 0 spiro atoms. The molecule has 134 valence electrons. The summed E-state index contributed by atoms with van der Waals surface area (Å²) in [6.07, 6.45) is 1.84. The lowest BCUT2D eigenvalue weighted by Gasteiger charge is -2.36. The summed E-state index contributed by atoms with van der Waals surface area (Å²) in [4.78, 5) is 14.0. The van der Waals surface area contributed by atoms with Crippen LogP contribution in [-0.2, 0) is 4.74 Å². The second-order valence-electron chi connectivity index (χ2n) is 7.99. The molecule has 0 bridgehead atoms. The van der Waals surface area contributed by atoms with E-state index in [1.807, 2.05) is 25.7 Å². The van der Waals surface area contributed by atoms with E-state index in [9.17, 15) is 4.79 Å². The SMILES string of the molecule is Cc1cccc(NC(C)C2CCN(C(=O)OC(C)(C)C)CC2)c1C. The van der Waals surface area contributed by atoms with Crippen LogP contribution in [0.4, 0.5) is 10.5 Å². The molecule has 1 heterocycles. The Morgan fingerprint density at radius 1 is 1.25 bits per heavy atom. The Morgan fingerprint density at radius 2 is 1.88 bits per heavy atom. The number of aryl methyl sites for hydroxylation is 1. The van der Waals surface area contributed by atoms with Crippen LogP contribution in [0.1, 0.15) is 51.7 Å². The maximum atomic E-state index is 12.2. The van der Waals surface area contributed by atoms with Crippen molar-refractivity contribution in [2.45, 2.75) is 66.0 Å². The molecule has 4 heteroatoms. The smallest absolute Gasteiger partial charge is 0.410 e.